The third-order valence-electron chi connectivity index (χ3n) is 2.69. The fourth-order valence-electron chi connectivity index (χ4n) is 1.56. The second-order valence-electron chi connectivity index (χ2n) is 3.95. The topological polar surface area (TPSA) is 43.8 Å². The lowest BCUT2D eigenvalue weighted by molar-refractivity contribution is -0.138. The molecule has 1 aliphatic rings. The van der Waals surface area contributed by atoms with E-state index in [4.69, 9.17) is 5.11 Å². The van der Waals surface area contributed by atoms with Crippen molar-refractivity contribution in [2.24, 2.45) is 5.92 Å². The van der Waals surface area contributed by atoms with E-state index < -0.39 is 0 Å². The number of aliphatic hydroxyl groups is 1. The molecule has 1 saturated heterocycles. The van der Waals surface area contributed by atoms with Gasteiger partial charge in [0.15, 0.2) is 0 Å². The third-order valence-corrected chi connectivity index (χ3v) is 3.45. The van der Waals surface area contributed by atoms with Gasteiger partial charge in [-0.1, -0.05) is 16.3 Å². The molecule has 3 atom stereocenters. The summed E-state index contributed by atoms with van der Waals surface area (Å²) in [4.78, 5) is 13.6. The molecule has 1 heterocycles. The summed E-state index contributed by atoms with van der Waals surface area (Å²) in [6.07, 6.45) is 0. The van der Waals surface area contributed by atoms with Gasteiger partial charge in [0.05, 0.1) is 12.5 Å². The van der Waals surface area contributed by atoms with Crippen LogP contribution in [0.25, 0.3) is 0 Å². The lowest BCUT2D eigenvalue weighted by Gasteiger charge is -2.38. The molecule has 0 saturated carbocycles. The number of hydrogen-bond acceptors (Lipinski definition) is 3. The predicted molar refractivity (Wildman–Crippen MR) is 58.7 cm³/mol. The molecule has 0 aliphatic carbocycles. The van der Waals surface area contributed by atoms with Gasteiger partial charge in [-0.3, -0.25) is 9.46 Å². The Morgan fingerprint density at radius 3 is 2.79 bits per heavy atom. The Balaban J connectivity index is 2.50. The standard InChI is InChI=1S/C9H19N2O2P/c1-7(6-12)9(13)10-3-4-11(14)8(2)5-10/h7-8,12H,3-6,14H2,1-2H3. The Bertz CT molecular complexity index is 213. The number of aliphatic hydroxyl groups excluding tert-OH is 1. The Labute approximate surface area is 87.5 Å². The van der Waals surface area contributed by atoms with Gasteiger partial charge in [-0.25, -0.2) is 0 Å². The zero-order valence-electron chi connectivity index (χ0n) is 8.81. The van der Waals surface area contributed by atoms with Gasteiger partial charge in [0.25, 0.3) is 0 Å². The molecule has 3 unspecified atom stereocenters. The van der Waals surface area contributed by atoms with Crippen molar-refractivity contribution < 1.29 is 9.90 Å². The van der Waals surface area contributed by atoms with E-state index in [0.29, 0.717) is 6.04 Å². The number of carbonyl (C=O) groups excluding carboxylic acids is 1. The average Bonchev–Trinajstić information content (AvgIpc) is 2.20. The molecule has 0 aromatic carbocycles. The molecule has 1 rings (SSSR count). The molecule has 0 aromatic rings. The van der Waals surface area contributed by atoms with Gasteiger partial charge < -0.3 is 10.0 Å². The number of carbonyl (C=O) groups is 1. The van der Waals surface area contributed by atoms with Gasteiger partial charge in [0.2, 0.25) is 5.91 Å². The molecule has 1 N–H and O–H groups in total. The second-order valence-corrected chi connectivity index (χ2v) is 4.62. The van der Waals surface area contributed by atoms with Crippen molar-refractivity contribution in [3.05, 3.63) is 0 Å². The van der Waals surface area contributed by atoms with Crippen molar-refractivity contribution in [3.8, 4) is 0 Å². The highest BCUT2D eigenvalue weighted by Gasteiger charge is 2.26. The average molecular weight is 218 g/mol. The molecule has 82 valence electrons. The first kappa shape index (κ1) is 11.9. The van der Waals surface area contributed by atoms with Crippen LogP contribution < -0.4 is 0 Å². The van der Waals surface area contributed by atoms with E-state index in [-0.39, 0.29) is 18.4 Å². The number of rotatable bonds is 2. The molecule has 1 aliphatic heterocycles. The normalized spacial score (nSPS) is 26.3. The maximum Gasteiger partial charge on any atom is 0.227 e. The summed E-state index contributed by atoms with van der Waals surface area (Å²) >= 11 is 0. The fraction of sp³-hybridized carbons (Fsp3) is 0.889. The van der Waals surface area contributed by atoms with E-state index >= 15 is 0 Å². The first-order valence-electron chi connectivity index (χ1n) is 4.97. The van der Waals surface area contributed by atoms with Crippen LogP contribution in [0.3, 0.4) is 0 Å². The van der Waals surface area contributed by atoms with Crippen molar-refractivity contribution in [1.29, 1.82) is 0 Å². The van der Waals surface area contributed by atoms with Crippen LogP contribution >= 0.6 is 9.39 Å². The van der Waals surface area contributed by atoms with Crippen LogP contribution in [-0.2, 0) is 4.79 Å². The van der Waals surface area contributed by atoms with Crippen LogP contribution in [0.4, 0.5) is 0 Å². The monoisotopic (exact) mass is 218 g/mol. The van der Waals surface area contributed by atoms with Gasteiger partial charge in [-0.15, -0.1) is 0 Å². The number of amides is 1. The highest BCUT2D eigenvalue weighted by Crippen LogP contribution is 2.15. The maximum atomic E-state index is 11.7. The lowest BCUT2D eigenvalue weighted by Crippen LogP contribution is -2.51. The van der Waals surface area contributed by atoms with Crippen LogP contribution in [0.1, 0.15) is 13.8 Å². The number of nitrogens with zero attached hydrogens (tertiary/aromatic N) is 2. The summed E-state index contributed by atoms with van der Waals surface area (Å²) in [5.41, 5.74) is 0. The van der Waals surface area contributed by atoms with Crippen molar-refractivity contribution in [3.63, 3.8) is 0 Å². The third kappa shape index (κ3) is 2.66. The smallest absolute Gasteiger partial charge is 0.227 e. The van der Waals surface area contributed by atoms with Gasteiger partial charge in [-0.2, -0.15) is 0 Å². The predicted octanol–water partition coefficient (Wildman–Crippen LogP) is -0.0624. The van der Waals surface area contributed by atoms with Gasteiger partial charge in [0, 0.05) is 25.7 Å². The summed E-state index contributed by atoms with van der Waals surface area (Å²) in [5.74, 6) is -0.198. The van der Waals surface area contributed by atoms with Crippen molar-refractivity contribution >= 4 is 15.3 Å². The van der Waals surface area contributed by atoms with Crippen LogP contribution in [0.15, 0.2) is 0 Å². The van der Waals surface area contributed by atoms with E-state index in [1.165, 1.54) is 0 Å². The highest BCUT2D eigenvalue weighted by atomic mass is 31.0. The maximum absolute atomic E-state index is 11.7. The summed E-state index contributed by atoms with van der Waals surface area (Å²) in [5, 5.41) is 8.89. The van der Waals surface area contributed by atoms with Crippen molar-refractivity contribution in [2.45, 2.75) is 19.9 Å². The van der Waals surface area contributed by atoms with Crippen LogP contribution in [-0.4, -0.2) is 52.9 Å². The number of hydrogen-bond donors (Lipinski definition) is 1. The van der Waals surface area contributed by atoms with Gasteiger partial charge in [-0.05, 0) is 6.92 Å². The van der Waals surface area contributed by atoms with E-state index in [1.54, 1.807) is 6.92 Å². The molecular weight excluding hydrogens is 199 g/mol. The number of piperazine rings is 1. The molecule has 1 amide bonds. The van der Waals surface area contributed by atoms with Gasteiger partial charge >= 0.3 is 0 Å². The Morgan fingerprint density at radius 2 is 2.29 bits per heavy atom. The molecule has 14 heavy (non-hydrogen) atoms. The van der Waals surface area contributed by atoms with Gasteiger partial charge in [0.1, 0.15) is 0 Å². The Hall–Kier alpha value is -0.180. The minimum atomic E-state index is -0.266. The van der Waals surface area contributed by atoms with Crippen LogP contribution in [0.2, 0.25) is 0 Å². The molecule has 5 heteroatoms. The van der Waals surface area contributed by atoms with Crippen molar-refractivity contribution in [1.82, 2.24) is 9.57 Å². The van der Waals surface area contributed by atoms with E-state index in [0.717, 1.165) is 19.6 Å². The quantitative estimate of drug-likeness (QED) is 0.660. The summed E-state index contributed by atoms with van der Waals surface area (Å²) in [6.45, 7) is 6.20. The first-order chi connectivity index (χ1) is 6.56. The van der Waals surface area contributed by atoms with Crippen molar-refractivity contribution in [2.75, 3.05) is 26.2 Å². The zero-order chi connectivity index (χ0) is 10.7. The zero-order valence-corrected chi connectivity index (χ0v) is 9.97. The molecule has 0 radical (unpaired) electrons. The summed E-state index contributed by atoms with van der Waals surface area (Å²) in [6, 6.07) is 0.378. The fourth-order valence-corrected chi connectivity index (χ4v) is 1.77. The van der Waals surface area contributed by atoms with Crippen LogP contribution in [0.5, 0.6) is 0 Å². The molecule has 4 nitrogen and oxygen atoms in total. The first-order valence-corrected chi connectivity index (χ1v) is 5.49. The minimum absolute atomic E-state index is 0.0612. The second kappa shape index (κ2) is 5.06. The SMILES string of the molecule is CC(CO)C(=O)N1CCN(P)C(C)C1. The van der Waals surface area contributed by atoms with Crippen LogP contribution in [0, 0.1) is 5.92 Å². The molecule has 0 bridgehead atoms. The highest BCUT2D eigenvalue weighted by molar-refractivity contribution is 7.13. The lowest BCUT2D eigenvalue weighted by atomic mass is 10.1. The van der Waals surface area contributed by atoms with E-state index in [2.05, 4.69) is 21.0 Å². The molecular formula is C9H19N2O2P. The largest absolute Gasteiger partial charge is 0.396 e. The van der Waals surface area contributed by atoms with E-state index in [9.17, 15) is 4.79 Å². The summed E-state index contributed by atoms with van der Waals surface area (Å²) in [7, 11) is 2.68. The van der Waals surface area contributed by atoms with E-state index in [1.807, 2.05) is 4.90 Å². The Kier molecular flexibility index (Phi) is 4.30. The summed E-state index contributed by atoms with van der Waals surface area (Å²) < 4.78 is 2.16. The Morgan fingerprint density at radius 1 is 1.64 bits per heavy atom. The minimum Gasteiger partial charge on any atom is -0.396 e. The molecule has 1 fully saturated rings. The molecule has 0 aromatic heterocycles. The molecule has 0 spiro atoms.